The Labute approximate surface area is 69.1 Å². The maximum atomic E-state index is 5.76. The first-order valence-electron chi connectivity index (χ1n) is 3.65. The van der Waals surface area contributed by atoms with E-state index in [0.29, 0.717) is 11.8 Å². The van der Waals surface area contributed by atoms with Gasteiger partial charge in [0, 0.05) is 10.6 Å². The largest absolute Gasteiger partial charge is 0.401 e. The zero-order valence-corrected chi connectivity index (χ0v) is 8.07. The Bertz CT molecular complexity index is 120. The summed E-state index contributed by atoms with van der Waals surface area (Å²) in [4.78, 5) is 1.02. The first-order valence-corrected chi connectivity index (χ1v) is 4.10. The zero-order chi connectivity index (χ0) is 8.31. The van der Waals surface area contributed by atoms with Crippen LogP contribution in [-0.4, -0.2) is 0 Å². The molecule has 0 spiro atoms. The van der Waals surface area contributed by atoms with Crippen molar-refractivity contribution in [3.05, 3.63) is 10.6 Å². The number of nitrogens with two attached hydrogens (primary N) is 1. The second kappa shape index (κ2) is 3.91. The number of hydrogen-bond donors (Lipinski definition) is 2. The minimum atomic E-state index is 0.412. The molecule has 0 atom stereocenters. The molecule has 0 aliphatic heterocycles. The Morgan fingerprint density at radius 1 is 1.10 bits per heavy atom. The van der Waals surface area contributed by atoms with Gasteiger partial charge in [0.05, 0.1) is 0 Å². The van der Waals surface area contributed by atoms with E-state index >= 15 is 0 Å². The molecule has 0 rings (SSSR count). The summed E-state index contributed by atoms with van der Waals surface area (Å²) in [5.74, 6) is 0.862. The van der Waals surface area contributed by atoms with Crippen molar-refractivity contribution in [1.82, 2.24) is 0 Å². The van der Waals surface area contributed by atoms with Crippen LogP contribution in [-0.2, 0) is 0 Å². The fraction of sp³-hybridized carbons (Fsp3) is 0.750. The van der Waals surface area contributed by atoms with Gasteiger partial charge in [0.15, 0.2) is 0 Å². The van der Waals surface area contributed by atoms with Gasteiger partial charge in [0.2, 0.25) is 0 Å². The highest BCUT2D eigenvalue weighted by Crippen LogP contribution is 2.19. The van der Waals surface area contributed by atoms with Gasteiger partial charge in [-0.1, -0.05) is 27.7 Å². The van der Waals surface area contributed by atoms with E-state index in [9.17, 15) is 0 Å². The molecule has 0 aromatic carbocycles. The predicted molar refractivity (Wildman–Crippen MR) is 49.9 cm³/mol. The smallest absolute Gasteiger partial charge is 0.0203 e. The molecular weight excluding hydrogens is 142 g/mol. The van der Waals surface area contributed by atoms with E-state index in [0.717, 1.165) is 10.6 Å². The standard InChI is InChI=1S/C8H17NS/c1-5(2)7(9)8(10)6(3)4/h5-6,10H,9H2,1-4H3/b8-7-. The maximum absolute atomic E-state index is 5.76. The maximum Gasteiger partial charge on any atom is 0.0203 e. The van der Waals surface area contributed by atoms with Gasteiger partial charge in [-0.2, -0.15) is 0 Å². The predicted octanol–water partition coefficient (Wildman–Crippen LogP) is 2.40. The molecule has 0 saturated carbocycles. The van der Waals surface area contributed by atoms with Crippen LogP contribution in [0.15, 0.2) is 10.6 Å². The first-order chi connectivity index (χ1) is 4.46. The Morgan fingerprint density at radius 3 is 1.60 bits per heavy atom. The van der Waals surface area contributed by atoms with Gasteiger partial charge in [-0.25, -0.2) is 0 Å². The minimum Gasteiger partial charge on any atom is -0.401 e. The molecule has 0 aromatic heterocycles. The summed E-state index contributed by atoms with van der Waals surface area (Å²) in [6.07, 6.45) is 0. The van der Waals surface area contributed by atoms with Crippen molar-refractivity contribution < 1.29 is 0 Å². The third-order valence-electron chi connectivity index (χ3n) is 1.46. The van der Waals surface area contributed by atoms with Crippen LogP contribution >= 0.6 is 12.6 Å². The van der Waals surface area contributed by atoms with Crippen molar-refractivity contribution in [2.75, 3.05) is 0 Å². The van der Waals surface area contributed by atoms with Crippen molar-refractivity contribution in [2.45, 2.75) is 27.7 Å². The van der Waals surface area contributed by atoms with E-state index in [1.54, 1.807) is 0 Å². The van der Waals surface area contributed by atoms with Crippen LogP contribution in [0, 0.1) is 11.8 Å². The fourth-order valence-corrected chi connectivity index (χ4v) is 0.887. The molecule has 0 bridgehead atoms. The van der Waals surface area contributed by atoms with Crippen LogP contribution in [0.1, 0.15) is 27.7 Å². The lowest BCUT2D eigenvalue weighted by atomic mass is 10.1. The summed E-state index contributed by atoms with van der Waals surface area (Å²) in [7, 11) is 0. The average molecular weight is 159 g/mol. The molecular formula is C8H17NS. The minimum absolute atomic E-state index is 0.412. The molecule has 2 N–H and O–H groups in total. The Balaban J connectivity index is 4.34. The van der Waals surface area contributed by atoms with E-state index in [1.165, 1.54) is 0 Å². The normalized spacial score (nSPS) is 14.3. The quantitative estimate of drug-likeness (QED) is 0.594. The highest BCUT2D eigenvalue weighted by Gasteiger charge is 2.06. The molecule has 0 unspecified atom stereocenters. The Hall–Kier alpha value is -0.110. The van der Waals surface area contributed by atoms with Crippen LogP contribution in [0.5, 0.6) is 0 Å². The second-order valence-corrected chi connectivity index (χ2v) is 3.63. The molecule has 0 saturated heterocycles. The molecule has 10 heavy (non-hydrogen) atoms. The van der Waals surface area contributed by atoms with Gasteiger partial charge in [0.1, 0.15) is 0 Å². The average Bonchev–Trinajstić information content (AvgIpc) is 1.84. The van der Waals surface area contributed by atoms with Crippen LogP contribution in [0.3, 0.4) is 0 Å². The van der Waals surface area contributed by atoms with Gasteiger partial charge < -0.3 is 5.73 Å². The van der Waals surface area contributed by atoms with Crippen molar-refractivity contribution in [1.29, 1.82) is 0 Å². The van der Waals surface area contributed by atoms with Crippen molar-refractivity contribution >= 4 is 12.6 Å². The summed E-state index contributed by atoms with van der Waals surface area (Å²) in [5, 5.41) is 0. The molecule has 0 radical (unpaired) electrons. The van der Waals surface area contributed by atoms with E-state index in [-0.39, 0.29) is 0 Å². The van der Waals surface area contributed by atoms with Gasteiger partial charge >= 0.3 is 0 Å². The summed E-state index contributed by atoms with van der Waals surface area (Å²) < 4.78 is 0. The van der Waals surface area contributed by atoms with E-state index in [1.807, 2.05) is 0 Å². The molecule has 1 nitrogen and oxygen atoms in total. The molecule has 0 heterocycles. The van der Waals surface area contributed by atoms with E-state index in [4.69, 9.17) is 5.73 Å². The fourth-order valence-electron chi connectivity index (χ4n) is 0.629. The molecule has 0 aliphatic rings. The van der Waals surface area contributed by atoms with E-state index in [2.05, 4.69) is 40.3 Å². The van der Waals surface area contributed by atoms with Crippen molar-refractivity contribution in [2.24, 2.45) is 17.6 Å². The van der Waals surface area contributed by atoms with Crippen LogP contribution < -0.4 is 5.73 Å². The van der Waals surface area contributed by atoms with Gasteiger partial charge in [-0.05, 0) is 11.8 Å². The van der Waals surface area contributed by atoms with Gasteiger partial charge in [-0.15, -0.1) is 12.6 Å². The van der Waals surface area contributed by atoms with Gasteiger partial charge in [-0.3, -0.25) is 0 Å². The molecule has 2 heteroatoms. The third-order valence-corrected chi connectivity index (χ3v) is 2.24. The lowest BCUT2D eigenvalue weighted by molar-refractivity contribution is 0.713. The molecule has 0 amide bonds. The summed E-state index contributed by atoms with van der Waals surface area (Å²) in [6, 6.07) is 0. The third kappa shape index (κ3) is 2.65. The van der Waals surface area contributed by atoms with Crippen LogP contribution in [0.2, 0.25) is 0 Å². The number of thiol groups is 1. The lowest BCUT2D eigenvalue weighted by Crippen LogP contribution is -2.09. The van der Waals surface area contributed by atoms with Crippen LogP contribution in [0.25, 0.3) is 0 Å². The van der Waals surface area contributed by atoms with Crippen LogP contribution in [0.4, 0.5) is 0 Å². The second-order valence-electron chi connectivity index (χ2n) is 3.15. The molecule has 60 valence electrons. The number of hydrogen-bond acceptors (Lipinski definition) is 2. The van der Waals surface area contributed by atoms with Crippen molar-refractivity contribution in [3.8, 4) is 0 Å². The Kier molecular flexibility index (Phi) is 3.87. The number of rotatable bonds is 2. The topological polar surface area (TPSA) is 26.0 Å². The Morgan fingerprint density at radius 2 is 1.50 bits per heavy atom. The SMILES string of the molecule is CC(C)/C(N)=C(/S)C(C)C. The monoisotopic (exact) mass is 159 g/mol. The highest BCUT2D eigenvalue weighted by atomic mass is 32.1. The molecule has 0 fully saturated rings. The van der Waals surface area contributed by atoms with Gasteiger partial charge in [0.25, 0.3) is 0 Å². The summed E-state index contributed by atoms with van der Waals surface area (Å²) >= 11 is 4.31. The zero-order valence-electron chi connectivity index (χ0n) is 7.18. The summed E-state index contributed by atoms with van der Waals surface area (Å²) in [6.45, 7) is 8.34. The summed E-state index contributed by atoms with van der Waals surface area (Å²) in [5.41, 5.74) is 6.68. The van der Waals surface area contributed by atoms with Crippen molar-refractivity contribution in [3.63, 3.8) is 0 Å². The first kappa shape index (κ1) is 9.89. The van der Waals surface area contributed by atoms with E-state index < -0.39 is 0 Å². The molecule has 0 aromatic rings. The highest BCUT2D eigenvalue weighted by molar-refractivity contribution is 7.84. The lowest BCUT2D eigenvalue weighted by Gasteiger charge is -2.12. The number of allylic oxidation sites excluding steroid dienone is 2. The molecule has 0 aliphatic carbocycles.